The van der Waals surface area contributed by atoms with E-state index in [9.17, 15) is 24.5 Å². The molecule has 1 aromatic rings. The third-order valence-electron chi connectivity index (χ3n) is 3.07. The lowest BCUT2D eigenvalue weighted by atomic mass is 10.2. The van der Waals surface area contributed by atoms with Crippen molar-refractivity contribution in [3.63, 3.8) is 0 Å². The van der Waals surface area contributed by atoms with Gasteiger partial charge in [0.25, 0.3) is 5.56 Å². The van der Waals surface area contributed by atoms with Gasteiger partial charge in [0, 0.05) is 18.2 Å². The summed E-state index contributed by atoms with van der Waals surface area (Å²) in [5.74, 6) is 0. The summed E-state index contributed by atoms with van der Waals surface area (Å²) < 4.78 is 10.7. The molecule has 3 atom stereocenters. The summed E-state index contributed by atoms with van der Waals surface area (Å²) in [6, 6.07) is 0. The minimum Gasteiger partial charge on any atom is -0.807 e. The Hall–Kier alpha value is -1.37. The number of nitrogens with one attached hydrogen (secondary N) is 2. The summed E-state index contributed by atoms with van der Waals surface area (Å²) >= 11 is 0. The molecule has 1 aliphatic heterocycles. The minimum atomic E-state index is -4.67. The summed E-state index contributed by atoms with van der Waals surface area (Å²) in [5.41, 5.74) is -0.918. The van der Waals surface area contributed by atoms with Crippen molar-refractivity contribution in [1.29, 1.82) is 5.16 Å². The second kappa shape index (κ2) is 7.95. The summed E-state index contributed by atoms with van der Waals surface area (Å²) in [5, 5.41) is 16.4. The number of aryl methyl sites for hydroxylation is 1. The van der Waals surface area contributed by atoms with E-state index in [1.54, 1.807) is 0 Å². The highest BCUT2D eigenvalue weighted by atomic mass is 31.2. The van der Waals surface area contributed by atoms with Gasteiger partial charge in [-0.1, -0.05) is 7.74 Å². The Labute approximate surface area is 131 Å². The van der Waals surface area contributed by atoms with Crippen LogP contribution in [-0.2, 0) is 9.26 Å². The quantitative estimate of drug-likeness (QED) is 0.400. The first-order chi connectivity index (χ1) is 9.67. The van der Waals surface area contributed by atoms with E-state index >= 15 is 0 Å². The van der Waals surface area contributed by atoms with Crippen LogP contribution in [0.5, 0.6) is 0 Å². The molecule has 1 fully saturated rings. The maximum atomic E-state index is 11.7. The molecule has 0 aliphatic carbocycles. The first-order valence-electron chi connectivity index (χ1n) is 6.03. The van der Waals surface area contributed by atoms with Crippen LogP contribution in [0, 0.1) is 12.1 Å². The number of quaternary nitrogens is 2. The number of H-pyrrole nitrogens is 1. The largest absolute Gasteiger partial charge is 0.807 e. The summed E-state index contributed by atoms with van der Waals surface area (Å²) in [6.45, 7) is 0.994. The highest BCUT2D eigenvalue weighted by molar-refractivity contribution is 7.44. The third-order valence-corrected chi connectivity index (χ3v) is 3.56. The van der Waals surface area contributed by atoms with Crippen molar-refractivity contribution in [3.05, 3.63) is 32.6 Å². The second-order valence-corrected chi connectivity index (χ2v) is 5.96. The van der Waals surface area contributed by atoms with Gasteiger partial charge in [0.2, 0.25) is 0 Å². The van der Waals surface area contributed by atoms with Crippen LogP contribution in [0.15, 0.2) is 15.8 Å². The van der Waals surface area contributed by atoms with Crippen LogP contribution in [0.2, 0.25) is 0 Å². The van der Waals surface area contributed by atoms with Crippen molar-refractivity contribution >= 4 is 7.74 Å². The van der Waals surface area contributed by atoms with Gasteiger partial charge in [-0.3, -0.25) is 14.3 Å². The van der Waals surface area contributed by atoms with Gasteiger partial charge in [-0.05, 0) is 6.92 Å². The Kier molecular flexibility index (Phi) is 7.47. The van der Waals surface area contributed by atoms with Gasteiger partial charge in [0.05, 0.1) is 12.7 Å². The van der Waals surface area contributed by atoms with Crippen molar-refractivity contribution in [2.24, 2.45) is 0 Å². The first kappa shape index (κ1) is 21.6. The van der Waals surface area contributed by atoms with E-state index in [0.717, 1.165) is 4.57 Å². The maximum Gasteiger partial charge on any atom is 0.330 e. The summed E-state index contributed by atoms with van der Waals surface area (Å²) in [7, 11) is -4.67. The zero-order valence-corrected chi connectivity index (χ0v) is 13.9. The smallest absolute Gasteiger partial charge is 0.330 e. The molecule has 23 heavy (non-hydrogen) atoms. The van der Waals surface area contributed by atoms with Gasteiger partial charge in [0.15, 0.2) is 0 Å². The molecule has 0 spiro atoms. The lowest BCUT2D eigenvalue weighted by Crippen LogP contribution is -2.33. The molecule has 2 rings (SSSR count). The fourth-order valence-electron chi connectivity index (χ4n) is 2.01. The Morgan fingerprint density at radius 2 is 2.13 bits per heavy atom. The van der Waals surface area contributed by atoms with Gasteiger partial charge in [0.1, 0.15) is 12.3 Å². The van der Waals surface area contributed by atoms with E-state index in [1.165, 1.54) is 13.1 Å². The van der Waals surface area contributed by atoms with E-state index in [-0.39, 0.29) is 18.7 Å². The van der Waals surface area contributed by atoms with E-state index in [0.29, 0.717) is 5.56 Å². The monoisotopic (exact) mass is 355 g/mol. The molecule has 0 saturated carbocycles. The standard InChI is InChI=1S/C10H15N3O7P.2H3N/c1-5-3-13(10(16)12-9(5)15)8-2-6(14)7(20-8)4-19-21(11,17)18;;/h3,6-8,14H,2,4H2,1H3,(H3-,11,12,15,16,17,18);2*1H3/q-1;;/p+1/t6-,7+,8+;;/m0../s1. The van der Waals surface area contributed by atoms with Gasteiger partial charge >= 0.3 is 5.69 Å². The Balaban J connectivity index is 0.00000242. The molecule has 1 saturated heterocycles. The second-order valence-electron chi connectivity index (χ2n) is 4.70. The van der Waals surface area contributed by atoms with E-state index in [4.69, 9.17) is 9.90 Å². The Bertz CT molecular complexity index is 683. The molecule has 0 aromatic carbocycles. The number of aliphatic hydroxyl groups excluding tert-OH is 1. The van der Waals surface area contributed by atoms with E-state index < -0.39 is 44.0 Å². The average Bonchev–Trinajstić information content (AvgIpc) is 2.72. The van der Waals surface area contributed by atoms with Crippen molar-refractivity contribution in [2.45, 2.75) is 31.8 Å². The van der Waals surface area contributed by atoms with Crippen LogP contribution in [-0.4, -0.2) is 33.5 Å². The number of aromatic amines is 1. The van der Waals surface area contributed by atoms with Gasteiger partial charge in [-0.25, -0.2) is 4.79 Å². The number of ether oxygens (including phenoxy) is 1. The lowest BCUT2D eigenvalue weighted by molar-refractivity contribution is -0.330. The van der Waals surface area contributed by atoms with Crippen LogP contribution in [0.25, 0.3) is 0 Å². The topological polar surface area (TPSA) is 237 Å². The fraction of sp³-hybridized carbons (Fsp3) is 0.600. The number of nitrogens with zero attached hydrogens (tertiary/aromatic N) is 1. The highest BCUT2D eigenvalue weighted by Gasteiger charge is 2.35. The fourth-order valence-corrected chi connectivity index (χ4v) is 2.35. The number of hydrogen-bond acceptors (Lipinski definition) is 8. The van der Waals surface area contributed by atoms with Crippen LogP contribution in [0.1, 0.15) is 18.2 Å². The van der Waals surface area contributed by atoms with Gasteiger partial charge < -0.3 is 41.6 Å². The van der Waals surface area contributed by atoms with Crippen molar-refractivity contribution in [1.82, 2.24) is 21.9 Å². The molecule has 134 valence electrons. The van der Waals surface area contributed by atoms with E-state index in [1.807, 2.05) is 0 Å². The summed E-state index contributed by atoms with van der Waals surface area (Å²) in [4.78, 5) is 46.3. The molecule has 0 amide bonds. The molecule has 13 heteroatoms. The maximum absolute atomic E-state index is 11.7. The molecule has 0 bridgehead atoms. The van der Waals surface area contributed by atoms with Crippen LogP contribution >= 0.6 is 7.74 Å². The predicted octanol–water partition coefficient (Wildman–Crippen LogP) is -1.49. The Morgan fingerprint density at radius 3 is 2.70 bits per heavy atom. The lowest BCUT2D eigenvalue weighted by Gasteiger charge is -2.35. The molecule has 2 heterocycles. The molecular weight excluding hydrogens is 333 g/mol. The molecule has 1 aliphatic rings. The zero-order valence-electron chi connectivity index (χ0n) is 13.0. The molecule has 11 N–H and O–H groups in total. The third kappa shape index (κ3) is 5.34. The normalized spacial score (nSPS) is 23.9. The number of aliphatic hydroxyl groups is 1. The Morgan fingerprint density at radius 1 is 1.52 bits per heavy atom. The molecule has 1 aromatic heterocycles. The van der Waals surface area contributed by atoms with Crippen molar-refractivity contribution in [3.8, 4) is 0 Å². The van der Waals surface area contributed by atoms with Crippen molar-refractivity contribution in [2.75, 3.05) is 6.61 Å². The van der Waals surface area contributed by atoms with Crippen molar-refractivity contribution < 1.29 is 24.2 Å². The van der Waals surface area contributed by atoms with Gasteiger partial charge in [-0.15, -0.1) is 0 Å². The number of aromatic nitrogens is 2. The van der Waals surface area contributed by atoms with Crippen LogP contribution < -0.4 is 33.3 Å². The van der Waals surface area contributed by atoms with Crippen LogP contribution in [0.4, 0.5) is 0 Å². The van der Waals surface area contributed by atoms with Gasteiger partial charge in [-0.2, -0.15) is 0 Å². The molecule has 0 unspecified atom stereocenters. The highest BCUT2D eigenvalue weighted by Crippen LogP contribution is 2.32. The molecular formula is C10H22N5O7P. The minimum absolute atomic E-state index is 0. The SMILES string of the molecule is Cc1cn([C@H]2C[C@H](O)[C@@H](COP(=N)([O-])[O-])O2)c(=O)[nH]c1=O.[NH4+].[NH4+]. The van der Waals surface area contributed by atoms with E-state index in [2.05, 4.69) is 9.51 Å². The predicted molar refractivity (Wildman–Crippen MR) is 78.2 cm³/mol. The summed E-state index contributed by atoms with van der Waals surface area (Å²) in [6.07, 6.45) is -1.57. The van der Waals surface area contributed by atoms with Crippen LogP contribution in [0.3, 0.4) is 0 Å². The molecule has 12 nitrogen and oxygen atoms in total. The number of hydrogen-bond donors (Lipinski definition) is 5. The first-order valence-corrected chi connectivity index (χ1v) is 7.58. The number of rotatable bonds is 4. The zero-order chi connectivity index (χ0) is 15.8. The molecule has 0 radical (unpaired) electrons. The average molecular weight is 355 g/mol.